The number of piperazine rings is 1. The van der Waals surface area contributed by atoms with Gasteiger partial charge in [-0.25, -0.2) is 19.6 Å². The maximum absolute atomic E-state index is 13.5. The summed E-state index contributed by atoms with van der Waals surface area (Å²) in [5.74, 6) is 0.669. The van der Waals surface area contributed by atoms with Gasteiger partial charge in [0.1, 0.15) is 34.7 Å². The molecule has 1 aliphatic heterocycles. The molecule has 12 nitrogen and oxygen atoms in total. The van der Waals surface area contributed by atoms with Crippen molar-refractivity contribution < 1.29 is 27.4 Å². The van der Waals surface area contributed by atoms with Crippen LogP contribution >= 0.6 is 0 Å². The molecular weight excluding hydrogens is 579 g/mol. The van der Waals surface area contributed by atoms with E-state index in [2.05, 4.69) is 36.9 Å². The van der Waals surface area contributed by atoms with E-state index in [1.54, 1.807) is 53.9 Å². The Kier molecular flexibility index (Phi) is 7.36. The van der Waals surface area contributed by atoms with Crippen molar-refractivity contribution in [3.05, 3.63) is 67.0 Å². The number of fused-ring (bicyclic) bond motifs is 2. The van der Waals surface area contributed by atoms with Crippen LogP contribution in [0.1, 0.15) is 5.56 Å². The van der Waals surface area contributed by atoms with Gasteiger partial charge in [-0.3, -0.25) is 4.79 Å². The van der Waals surface area contributed by atoms with E-state index in [1.807, 2.05) is 4.90 Å². The number of anilines is 3. The summed E-state index contributed by atoms with van der Waals surface area (Å²) in [7, 11) is 1.75. The van der Waals surface area contributed by atoms with E-state index in [4.69, 9.17) is 9.72 Å². The number of alkyl halides is 3. The van der Waals surface area contributed by atoms with E-state index in [1.165, 1.54) is 18.5 Å². The van der Waals surface area contributed by atoms with Gasteiger partial charge in [-0.05, 0) is 48.9 Å². The summed E-state index contributed by atoms with van der Waals surface area (Å²) in [6.07, 6.45) is -2.40. The van der Waals surface area contributed by atoms with Gasteiger partial charge >= 0.3 is 6.36 Å². The molecule has 1 saturated heterocycles. The van der Waals surface area contributed by atoms with E-state index in [0.717, 1.165) is 11.6 Å². The second-order valence-electron chi connectivity index (χ2n) is 10.0. The number of nitrogens with one attached hydrogen (secondary N) is 1. The molecule has 1 aliphatic rings. The first-order valence-electron chi connectivity index (χ1n) is 13.5. The molecule has 5 aromatic rings. The zero-order chi connectivity index (χ0) is 31.0. The minimum Gasteiger partial charge on any atom is -0.457 e. The van der Waals surface area contributed by atoms with Gasteiger partial charge in [0.15, 0.2) is 11.6 Å². The molecule has 44 heavy (non-hydrogen) atoms. The first kappa shape index (κ1) is 28.6. The summed E-state index contributed by atoms with van der Waals surface area (Å²) < 4.78 is 52.5. The largest absolute Gasteiger partial charge is 0.573 e. The Morgan fingerprint density at radius 2 is 1.82 bits per heavy atom. The number of amides is 1. The van der Waals surface area contributed by atoms with E-state index >= 15 is 0 Å². The molecule has 226 valence electrons. The summed E-state index contributed by atoms with van der Waals surface area (Å²) in [5.41, 5.74) is 2.71. The molecule has 4 heterocycles. The normalized spacial score (nSPS) is 13.8. The summed E-state index contributed by atoms with van der Waals surface area (Å²) >= 11 is 0. The first-order chi connectivity index (χ1) is 21.1. The monoisotopic (exact) mass is 605 g/mol. The Labute approximate surface area is 248 Å². The van der Waals surface area contributed by atoms with Crippen molar-refractivity contribution in [2.75, 3.05) is 36.4 Å². The number of halogens is 3. The van der Waals surface area contributed by atoms with Gasteiger partial charge in [0.25, 0.3) is 0 Å². The number of benzene rings is 2. The third kappa shape index (κ3) is 5.88. The molecule has 1 fully saturated rings. The average Bonchev–Trinajstić information content (AvgIpc) is 3.38. The van der Waals surface area contributed by atoms with Crippen molar-refractivity contribution in [3.8, 4) is 17.2 Å². The molecule has 1 amide bonds. The molecule has 0 aliphatic carbocycles. The molecule has 2 aromatic carbocycles. The number of ether oxygens (including phenoxy) is 2. The number of aromatic nitrogens is 6. The Balaban J connectivity index is 1.31. The first-order valence-corrected chi connectivity index (χ1v) is 13.5. The van der Waals surface area contributed by atoms with E-state index in [0.29, 0.717) is 59.9 Å². The number of nitrogens with zero attached hydrogens (tertiary/aromatic N) is 8. The van der Waals surface area contributed by atoms with E-state index < -0.39 is 12.1 Å². The van der Waals surface area contributed by atoms with Gasteiger partial charge in [0, 0.05) is 45.4 Å². The average molecular weight is 606 g/mol. The molecule has 0 spiro atoms. The number of hydrogen-bond donors (Lipinski definition) is 1. The van der Waals surface area contributed by atoms with Crippen LogP contribution in [0.25, 0.3) is 22.1 Å². The van der Waals surface area contributed by atoms with Crippen LogP contribution in [0, 0.1) is 6.92 Å². The van der Waals surface area contributed by atoms with E-state index in [9.17, 15) is 18.0 Å². The van der Waals surface area contributed by atoms with Crippen molar-refractivity contribution in [1.29, 1.82) is 0 Å². The van der Waals surface area contributed by atoms with Crippen LogP contribution < -0.4 is 19.7 Å². The molecule has 0 radical (unpaired) electrons. The fourth-order valence-corrected chi connectivity index (χ4v) is 4.91. The van der Waals surface area contributed by atoms with Crippen molar-refractivity contribution in [2.45, 2.75) is 13.3 Å². The van der Waals surface area contributed by atoms with Crippen LogP contribution in [0.15, 0.2) is 61.4 Å². The van der Waals surface area contributed by atoms with Gasteiger partial charge in [-0.2, -0.15) is 0 Å². The lowest BCUT2D eigenvalue weighted by atomic mass is 10.1. The predicted molar refractivity (Wildman–Crippen MR) is 156 cm³/mol. The van der Waals surface area contributed by atoms with Crippen molar-refractivity contribution in [2.24, 2.45) is 7.05 Å². The van der Waals surface area contributed by atoms with Gasteiger partial charge in [-0.1, -0.05) is 11.8 Å². The molecule has 15 heteroatoms. The maximum Gasteiger partial charge on any atom is 0.573 e. The molecular formula is C29H26F3N9O3. The van der Waals surface area contributed by atoms with Crippen LogP contribution in [-0.4, -0.2) is 73.3 Å². The zero-order valence-electron chi connectivity index (χ0n) is 23.7. The van der Waals surface area contributed by atoms with Crippen LogP contribution in [0.4, 0.5) is 30.5 Å². The highest BCUT2D eigenvalue weighted by molar-refractivity contribution is 5.89. The lowest BCUT2D eigenvalue weighted by molar-refractivity contribution is -0.274. The standard InChI is InChI=1S/C29H26F3N9O3/c1-4-26(42)41-11-9-40(10-12-41)25-8-6-19-27(36-25)28(34-16-33-19)35-21-13-17(2)23(15-24(21)44-29(30,31)32)43-18-5-7-22-20(14-18)37-38-39(22)3/h4-8,13-16H,1,9-12H2,2-3H3,(H,33,34,35). The smallest absolute Gasteiger partial charge is 0.457 e. The fraction of sp³-hybridized carbons (Fsp3) is 0.241. The molecule has 3 aromatic heterocycles. The fourth-order valence-electron chi connectivity index (χ4n) is 4.91. The van der Waals surface area contributed by atoms with Gasteiger partial charge in [-0.15, -0.1) is 18.3 Å². The molecule has 0 atom stereocenters. The number of carbonyl (C=O) groups is 1. The van der Waals surface area contributed by atoms with E-state index in [-0.39, 0.29) is 23.2 Å². The number of pyridine rings is 1. The summed E-state index contributed by atoms with van der Waals surface area (Å²) in [6.45, 7) is 7.32. The lowest BCUT2D eigenvalue weighted by Gasteiger charge is -2.35. The highest BCUT2D eigenvalue weighted by Crippen LogP contribution is 2.40. The molecule has 0 bridgehead atoms. The second kappa shape index (κ2) is 11.3. The van der Waals surface area contributed by atoms with Crippen LogP contribution in [-0.2, 0) is 11.8 Å². The van der Waals surface area contributed by atoms with Gasteiger partial charge in [0.05, 0.1) is 16.7 Å². The minimum atomic E-state index is -4.98. The van der Waals surface area contributed by atoms with Gasteiger partial charge in [0.2, 0.25) is 5.91 Å². The Bertz CT molecular complexity index is 1890. The summed E-state index contributed by atoms with van der Waals surface area (Å²) in [6, 6.07) is 11.3. The molecule has 1 N–H and O–H groups in total. The second-order valence-corrected chi connectivity index (χ2v) is 10.0. The topological polar surface area (TPSA) is 123 Å². The van der Waals surface area contributed by atoms with Crippen molar-refractivity contribution >= 4 is 45.3 Å². The quantitative estimate of drug-likeness (QED) is 0.257. The Morgan fingerprint density at radius 3 is 2.57 bits per heavy atom. The molecule has 6 rings (SSSR count). The number of carbonyl (C=O) groups excluding carboxylic acids is 1. The summed E-state index contributed by atoms with van der Waals surface area (Å²) in [4.78, 5) is 28.9. The Morgan fingerprint density at radius 1 is 1.02 bits per heavy atom. The third-order valence-corrected chi connectivity index (χ3v) is 7.12. The van der Waals surface area contributed by atoms with Crippen LogP contribution in [0.3, 0.4) is 0 Å². The molecule has 0 unspecified atom stereocenters. The summed E-state index contributed by atoms with van der Waals surface area (Å²) in [5, 5.41) is 11.0. The highest BCUT2D eigenvalue weighted by Gasteiger charge is 2.33. The molecule has 0 saturated carbocycles. The van der Waals surface area contributed by atoms with Crippen LogP contribution in [0.2, 0.25) is 0 Å². The lowest BCUT2D eigenvalue weighted by Crippen LogP contribution is -2.48. The van der Waals surface area contributed by atoms with Crippen molar-refractivity contribution in [3.63, 3.8) is 0 Å². The van der Waals surface area contributed by atoms with Crippen LogP contribution in [0.5, 0.6) is 17.2 Å². The maximum atomic E-state index is 13.5. The highest BCUT2D eigenvalue weighted by atomic mass is 19.4. The minimum absolute atomic E-state index is 0.000285. The number of rotatable bonds is 7. The van der Waals surface area contributed by atoms with Crippen molar-refractivity contribution in [1.82, 2.24) is 34.8 Å². The van der Waals surface area contributed by atoms with Gasteiger partial charge < -0.3 is 24.6 Å². The SMILES string of the molecule is C=CC(=O)N1CCN(c2ccc3ncnc(Nc4cc(C)c(Oc5ccc6c(c5)nnn6C)cc4OC(F)(F)F)c3n2)CC1. The predicted octanol–water partition coefficient (Wildman–Crippen LogP) is 4.88. The Hall–Kier alpha value is -5.47. The zero-order valence-corrected chi connectivity index (χ0v) is 23.7. The number of aryl methyl sites for hydroxylation is 2. The third-order valence-electron chi connectivity index (χ3n) is 7.12. The number of hydrogen-bond acceptors (Lipinski definition) is 10.